The van der Waals surface area contributed by atoms with Crippen molar-refractivity contribution in [2.45, 2.75) is 0 Å². The summed E-state index contributed by atoms with van der Waals surface area (Å²) < 4.78 is 14.1. The molecule has 1 nitrogen and oxygen atoms in total. The summed E-state index contributed by atoms with van der Waals surface area (Å²) in [5.74, 6) is 0.837. The molecule has 5 aromatic carbocycles. The minimum Gasteiger partial charge on any atom is -0.497 e. The third-order valence-corrected chi connectivity index (χ3v) is 5.28. The van der Waals surface area contributed by atoms with Gasteiger partial charge in [-0.25, -0.2) is 0 Å². The first-order valence-corrected chi connectivity index (χ1v) is 9.42. The zero-order chi connectivity index (χ0) is 19.8. The van der Waals surface area contributed by atoms with Crippen molar-refractivity contribution in [1.29, 1.82) is 0 Å². The van der Waals surface area contributed by atoms with Crippen molar-refractivity contribution in [2.75, 3.05) is 7.11 Å². The highest BCUT2D eigenvalue weighted by Gasteiger charge is 2.15. The number of rotatable bonds is 3. The van der Waals surface area contributed by atoms with Crippen LogP contribution in [0.2, 0.25) is 0 Å². The van der Waals surface area contributed by atoms with Gasteiger partial charge >= 0.3 is 0 Å². The van der Waals surface area contributed by atoms with Crippen LogP contribution in [-0.4, -0.2) is 7.11 Å². The molecule has 0 aliphatic carbocycles. The zero-order valence-electron chi connectivity index (χ0n) is 16.6. The first-order valence-electron chi connectivity index (χ1n) is 9.92. The molecule has 134 valence electrons. The largest absolute Gasteiger partial charge is 0.497 e. The average Bonchev–Trinajstić information content (AvgIpc) is 2.78. The van der Waals surface area contributed by atoms with Crippen molar-refractivity contribution in [3.8, 4) is 28.0 Å². The topological polar surface area (TPSA) is 9.23 Å². The van der Waals surface area contributed by atoms with Crippen molar-refractivity contribution in [1.82, 2.24) is 0 Å². The summed E-state index contributed by atoms with van der Waals surface area (Å²) in [5, 5.41) is 4.44. The van der Waals surface area contributed by atoms with Crippen molar-refractivity contribution in [3.63, 3.8) is 0 Å². The van der Waals surface area contributed by atoms with Crippen molar-refractivity contribution >= 4 is 21.5 Å². The van der Waals surface area contributed by atoms with Crippen molar-refractivity contribution in [2.24, 2.45) is 0 Å². The molecule has 0 saturated carbocycles. The van der Waals surface area contributed by atoms with Gasteiger partial charge in [0.25, 0.3) is 0 Å². The molecule has 0 bridgehead atoms. The van der Waals surface area contributed by atoms with E-state index in [4.69, 9.17) is 6.11 Å². The van der Waals surface area contributed by atoms with E-state index in [1.165, 1.54) is 5.39 Å². The fourth-order valence-electron chi connectivity index (χ4n) is 4.02. The Hall–Kier alpha value is -3.58. The van der Waals surface area contributed by atoms with Gasteiger partial charge in [0, 0.05) is 0 Å². The van der Waals surface area contributed by atoms with Gasteiger partial charge in [0.15, 0.2) is 0 Å². The number of hydrogen-bond donors (Lipinski definition) is 0. The molecule has 0 saturated heterocycles. The Morgan fingerprint density at radius 1 is 0.536 bits per heavy atom. The van der Waals surface area contributed by atoms with Crippen LogP contribution in [0.3, 0.4) is 0 Å². The van der Waals surface area contributed by atoms with E-state index in [2.05, 4.69) is 66.7 Å². The van der Waals surface area contributed by atoms with Gasteiger partial charge in [-0.1, -0.05) is 91.0 Å². The minimum absolute atomic E-state index is 0.543. The molecule has 28 heavy (non-hydrogen) atoms. The van der Waals surface area contributed by atoms with Gasteiger partial charge < -0.3 is 4.74 Å². The normalized spacial score (nSPS) is 11.5. The molecule has 0 aliphatic heterocycles. The molecule has 0 amide bonds. The molecule has 0 N–H and O–H groups in total. The second-order valence-electron chi connectivity index (χ2n) is 6.85. The highest BCUT2D eigenvalue weighted by atomic mass is 16.5. The predicted molar refractivity (Wildman–Crippen MR) is 119 cm³/mol. The van der Waals surface area contributed by atoms with Crippen molar-refractivity contribution < 1.29 is 6.11 Å². The van der Waals surface area contributed by atoms with Crippen LogP contribution in [0, 0.1) is 0 Å². The first kappa shape index (κ1) is 15.5. The Kier molecular flexibility index (Phi) is 3.79. The monoisotopic (exact) mass is 361 g/mol. The molecule has 5 aromatic rings. The summed E-state index contributed by atoms with van der Waals surface area (Å²) in [4.78, 5) is 0. The first-order chi connectivity index (χ1) is 14.3. The number of fused-ring (bicyclic) bond motifs is 2. The van der Waals surface area contributed by atoms with E-state index in [0.717, 1.165) is 44.2 Å². The predicted octanol–water partition coefficient (Wildman–Crippen LogP) is 7.34. The average molecular weight is 361 g/mol. The molecular formula is C27H20O. The van der Waals surface area contributed by atoms with Gasteiger partial charge in [0.05, 0.1) is 8.48 Å². The lowest BCUT2D eigenvalue weighted by Gasteiger charge is -2.17. The van der Waals surface area contributed by atoms with Gasteiger partial charge in [0.1, 0.15) is 5.75 Å². The summed E-state index contributed by atoms with van der Waals surface area (Å²) in [7, 11) is 1.68. The van der Waals surface area contributed by atoms with E-state index in [9.17, 15) is 0 Å². The Labute approximate surface area is 166 Å². The molecule has 1 heteroatoms. The van der Waals surface area contributed by atoms with Gasteiger partial charge in [-0.3, -0.25) is 0 Å². The lowest BCUT2D eigenvalue weighted by molar-refractivity contribution is 0.415. The lowest BCUT2D eigenvalue weighted by Crippen LogP contribution is -1.90. The maximum Gasteiger partial charge on any atom is 0.118 e. The Morgan fingerprint density at radius 3 is 1.68 bits per heavy atom. The molecule has 0 heterocycles. The van der Waals surface area contributed by atoms with Crippen LogP contribution in [0.1, 0.15) is 1.37 Å². The molecule has 0 aliphatic rings. The minimum atomic E-state index is 0.543. The fraction of sp³-hybridized carbons (Fsp3) is 0.0370. The van der Waals surface area contributed by atoms with E-state index in [-0.39, 0.29) is 0 Å². The molecule has 0 fully saturated rings. The van der Waals surface area contributed by atoms with Crippen LogP contribution in [0.25, 0.3) is 43.8 Å². The van der Waals surface area contributed by atoms with Crippen LogP contribution < -0.4 is 4.74 Å². The number of benzene rings is 5. The van der Waals surface area contributed by atoms with E-state index in [1.807, 2.05) is 30.3 Å². The molecule has 0 aromatic heterocycles. The van der Waals surface area contributed by atoms with E-state index < -0.39 is 0 Å². The highest BCUT2D eigenvalue weighted by molar-refractivity contribution is 6.21. The summed E-state index contributed by atoms with van der Waals surface area (Å²) in [6.45, 7) is 0. The molecule has 5 rings (SSSR count). The van der Waals surface area contributed by atoms with Crippen LogP contribution in [0.4, 0.5) is 0 Å². The van der Waals surface area contributed by atoms with Gasteiger partial charge in [-0.2, -0.15) is 0 Å². The lowest BCUT2D eigenvalue weighted by atomic mass is 9.86. The second-order valence-corrected chi connectivity index (χ2v) is 6.85. The number of ether oxygens (including phenoxy) is 1. The maximum atomic E-state index is 8.73. The second kappa shape index (κ2) is 6.86. The van der Waals surface area contributed by atoms with Crippen LogP contribution in [0.5, 0.6) is 5.75 Å². The molecule has 0 spiro atoms. The zero-order valence-corrected chi connectivity index (χ0v) is 15.6. The number of methoxy groups -OCH3 is 1. The molecular weight excluding hydrogens is 340 g/mol. The smallest absolute Gasteiger partial charge is 0.118 e. The third kappa shape index (κ3) is 2.64. The van der Waals surface area contributed by atoms with Gasteiger partial charge in [-0.15, -0.1) is 0 Å². The van der Waals surface area contributed by atoms with Gasteiger partial charge in [0.2, 0.25) is 0 Å². The fourth-order valence-corrected chi connectivity index (χ4v) is 4.02. The quantitative estimate of drug-likeness (QED) is 0.306. The molecule has 0 unspecified atom stereocenters. The van der Waals surface area contributed by atoms with Crippen molar-refractivity contribution in [3.05, 3.63) is 103 Å². The Morgan fingerprint density at radius 2 is 1.04 bits per heavy atom. The SMILES string of the molecule is [2H]c1cccc2c(-c3ccc(OC)cc3)c3ccccc3c(-c3ccccc3)c12. The number of hydrogen-bond acceptors (Lipinski definition) is 1. The van der Waals surface area contributed by atoms with Crippen LogP contribution >= 0.6 is 0 Å². The van der Waals surface area contributed by atoms with E-state index in [0.29, 0.717) is 6.04 Å². The maximum absolute atomic E-state index is 8.73. The summed E-state index contributed by atoms with van der Waals surface area (Å²) in [6.07, 6.45) is 0. The third-order valence-electron chi connectivity index (χ3n) is 5.28. The molecule has 0 atom stereocenters. The summed E-state index contributed by atoms with van der Waals surface area (Å²) in [5.41, 5.74) is 4.54. The van der Waals surface area contributed by atoms with Crippen LogP contribution in [0.15, 0.2) is 103 Å². The standard InChI is InChI=1S/C27H20O/c1-28-21-17-15-20(16-18-21)27-24-13-7-5-11-22(24)26(19-9-3-2-4-10-19)23-12-6-8-14-25(23)27/h2-18H,1H3/i11D. The molecule has 0 radical (unpaired) electrons. The van der Waals surface area contributed by atoms with Gasteiger partial charge in [-0.05, 0) is 55.9 Å². The van der Waals surface area contributed by atoms with Crippen LogP contribution in [-0.2, 0) is 0 Å². The Bertz CT molecular complexity index is 1320. The van der Waals surface area contributed by atoms with E-state index >= 15 is 0 Å². The summed E-state index contributed by atoms with van der Waals surface area (Å²) in [6, 6.07) is 33.6. The van der Waals surface area contributed by atoms with E-state index in [1.54, 1.807) is 7.11 Å². The highest BCUT2D eigenvalue weighted by Crippen LogP contribution is 2.43. The summed E-state index contributed by atoms with van der Waals surface area (Å²) >= 11 is 0. The Balaban J connectivity index is 1.98.